The van der Waals surface area contributed by atoms with Gasteiger partial charge in [-0.3, -0.25) is 0 Å². The van der Waals surface area contributed by atoms with Crippen LogP contribution < -0.4 is 0 Å². The highest BCUT2D eigenvalue weighted by Crippen LogP contribution is 2.11. The number of hydrogen-bond acceptors (Lipinski definition) is 3. The Morgan fingerprint density at radius 2 is 2.12 bits per heavy atom. The fraction of sp³-hybridized carbons (Fsp3) is 0.0909. The number of methoxy groups -OCH3 is 1. The van der Waals surface area contributed by atoms with Gasteiger partial charge in [0, 0.05) is 5.92 Å². The minimum atomic E-state index is -1.39. The summed E-state index contributed by atoms with van der Waals surface area (Å²) in [5, 5.41) is 8.63. The smallest absolute Gasteiger partial charge is 0.384 e. The van der Waals surface area contributed by atoms with Crippen molar-refractivity contribution in [3.63, 3.8) is 0 Å². The lowest BCUT2D eigenvalue weighted by molar-refractivity contribution is -0.133. The molecule has 0 bridgehead atoms. The number of rotatable bonds is 1. The molecule has 0 saturated heterocycles. The van der Waals surface area contributed by atoms with Crippen LogP contribution in [0.5, 0.6) is 0 Å². The Hall–Kier alpha value is -2.35. The quantitative estimate of drug-likeness (QED) is 0.569. The van der Waals surface area contributed by atoms with Crippen LogP contribution in [0.4, 0.5) is 4.39 Å². The molecule has 0 spiro atoms. The molecule has 0 radical (unpaired) electrons. The third-order valence-electron chi connectivity index (χ3n) is 1.71. The lowest BCUT2D eigenvalue weighted by Gasteiger charge is -1.98. The van der Waals surface area contributed by atoms with Crippen LogP contribution in [-0.4, -0.2) is 24.2 Å². The molecule has 0 amide bonds. The molecule has 0 fully saturated rings. The van der Waals surface area contributed by atoms with E-state index in [1.807, 2.05) is 5.92 Å². The van der Waals surface area contributed by atoms with Gasteiger partial charge >= 0.3 is 11.9 Å². The first-order chi connectivity index (χ1) is 7.56. The van der Waals surface area contributed by atoms with Crippen LogP contribution in [0.3, 0.4) is 0 Å². The summed E-state index contributed by atoms with van der Waals surface area (Å²) in [6.07, 6.45) is 0. The van der Waals surface area contributed by atoms with E-state index >= 15 is 0 Å². The predicted molar refractivity (Wildman–Crippen MR) is 52.3 cm³/mol. The summed E-state index contributed by atoms with van der Waals surface area (Å²) < 4.78 is 17.7. The van der Waals surface area contributed by atoms with Crippen molar-refractivity contribution in [1.82, 2.24) is 0 Å². The van der Waals surface area contributed by atoms with Crippen LogP contribution in [0.15, 0.2) is 18.2 Å². The molecule has 0 aliphatic rings. The zero-order valence-electron chi connectivity index (χ0n) is 8.28. The number of halogens is 1. The minimum absolute atomic E-state index is 0.162. The number of carboxylic acids is 1. The molecular formula is C11H7FO4. The SMILES string of the molecule is COC(=O)C#Cc1cccc(C(=O)O)c1F. The van der Waals surface area contributed by atoms with E-state index in [2.05, 4.69) is 10.7 Å². The lowest BCUT2D eigenvalue weighted by atomic mass is 10.1. The highest BCUT2D eigenvalue weighted by Gasteiger charge is 2.12. The Bertz CT molecular complexity index is 496. The van der Waals surface area contributed by atoms with Crippen LogP contribution >= 0.6 is 0 Å². The first-order valence-corrected chi connectivity index (χ1v) is 4.18. The largest absolute Gasteiger partial charge is 0.478 e. The summed E-state index contributed by atoms with van der Waals surface area (Å²) in [6, 6.07) is 3.73. The Morgan fingerprint density at radius 3 is 2.69 bits per heavy atom. The van der Waals surface area contributed by atoms with Crippen molar-refractivity contribution < 1.29 is 23.8 Å². The van der Waals surface area contributed by atoms with E-state index in [1.54, 1.807) is 0 Å². The molecule has 0 aromatic heterocycles. The summed E-state index contributed by atoms with van der Waals surface area (Å²) in [6.45, 7) is 0. The second-order valence-corrected chi connectivity index (χ2v) is 2.71. The van der Waals surface area contributed by atoms with Crippen LogP contribution in [0, 0.1) is 17.7 Å². The highest BCUT2D eigenvalue weighted by atomic mass is 19.1. The van der Waals surface area contributed by atoms with Crippen LogP contribution in [0.25, 0.3) is 0 Å². The number of carbonyl (C=O) groups is 2. The molecule has 1 aromatic rings. The molecule has 82 valence electrons. The van der Waals surface area contributed by atoms with Gasteiger partial charge in [-0.25, -0.2) is 14.0 Å². The van der Waals surface area contributed by atoms with Gasteiger partial charge in [-0.1, -0.05) is 12.0 Å². The molecule has 1 N–H and O–H groups in total. The maximum absolute atomic E-state index is 13.4. The number of carboxylic acid groups (broad SMARTS) is 1. The standard InChI is InChI=1S/C11H7FO4/c1-16-9(13)6-5-7-3-2-4-8(10(7)12)11(14)15/h2-4H,1H3,(H,14,15). The Kier molecular flexibility index (Phi) is 3.62. The average Bonchev–Trinajstić information content (AvgIpc) is 2.26. The van der Waals surface area contributed by atoms with E-state index in [9.17, 15) is 14.0 Å². The highest BCUT2D eigenvalue weighted by molar-refractivity contribution is 5.90. The van der Waals surface area contributed by atoms with Gasteiger partial charge in [0.05, 0.1) is 18.2 Å². The van der Waals surface area contributed by atoms with Crippen molar-refractivity contribution in [3.05, 3.63) is 35.1 Å². The molecule has 1 rings (SSSR count). The third-order valence-corrected chi connectivity index (χ3v) is 1.71. The van der Waals surface area contributed by atoms with Gasteiger partial charge in [0.1, 0.15) is 0 Å². The van der Waals surface area contributed by atoms with E-state index in [4.69, 9.17) is 5.11 Å². The van der Waals surface area contributed by atoms with Gasteiger partial charge in [-0.05, 0) is 12.1 Å². The number of carbonyl (C=O) groups excluding carboxylic acids is 1. The average molecular weight is 222 g/mol. The molecule has 0 heterocycles. The minimum Gasteiger partial charge on any atom is -0.478 e. The molecular weight excluding hydrogens is 215 g/mol. The summed E-state index contributed by atoms with van der Waals surface area (Å²) in [7, 11) is 1.14. The molecule has 0 saturated carbocycles. The zero-order chi connectivity index (χ0) is 12.1. The third kappa shape index (κ3) is 2.58. The van der Waals surface area contributed by atoms with Crippen molar-refractivity contribution >= 4 is 11.9 Å². The zero-order valence-corrected chi connectivity index (χ0v) is 8.28. The topological polar surface area (TPSA) is 63.6 Å². The van der Waals surface area contributed by atoms with E-state index in [-0.39, 0.29) is 5.56 Å². The molecule has 5 heteroatoms. The first kappa shape index (κ1) is 11.7. The molecule has 4 nitrogen and oxygen atoms in total. The van der Waals surface area contributed by atoms with Gasteiger partial charge in [0.25, 0.3) is 0 Å². The second-order valence-electron chi connectivity index (χ2n) is 2.71. The molecule has 0 unspecified atom stereocenters. The fourth-order valence-electron chi connectivity index (χ4n) is 0.963. The predicted octanol–water partition coefficient (Wildman–Crippen LogP) is 1.05. The van der Waals surface area contributed by atoms with E-state index in [1.165, 1.54) is 12.1 Å². The summed E-state index contributed by atoms with van der Waals surface area (Å²) in [4.78, 5) is 21.3. The van der Waals surface area contributed by atoms with Crippen molar-refractivity contribution in [2.24, 2.45) is 0 Å². The number of hydrogen-bond donors (Lipinski definition) is 1. The van der Waals surface area contributed by atoms with Gasteiger partial charge in [0.2, 0.25) is 0 Å². The van der Waals surface area contributed by atoms with Gasteiger partial charge in [0.15, 0.2) is 5.82 Å². The monoisotopic (exact) mass is 222 g/mol. The molecule has 0 aliphatic heterocycles. The van der Waals surface area contributed by atoms with Gasteiger partial charge in [-0.2, -0.15) is 0 Å². The molecule has 0 atom stereocenters. The maximum atomic E-state index is 13.4. The number of benzene rings is 1. The lowest BCUT2D eigenvalue weighted by Crippen LogP contribution is -2.02. The summed E-state index contributed by atoms with van der Waals surface area (Å²) >= 11 is 0. The second kappa shape index (κ2) is 4.94. The number of ether oxygens (including phenoxy) is 1. The van der Waals surface area contributed by atoms with Crippen molar-refractivity contribution in [3.8, 4) is 11.8 Å². The Labute approximate surface area is 90.7 Å². The van der Waals surface area contributed by atoms with Crippen molar-refractivity contribution in [2.45, 2.75) is 0 Å². The van der Waals surface area contributed by atoms with Crippen LogP contribution in [0.2, 0.25) is 0 Å². The fourth-order valence-corrected chi connectivity index (χ4v) is 0.963. The van der Waals surface area contributed by atoms with E-state index < -0.39 is 23.3 Å². The van der Waals surface area contributed by atoms with Crippen LogP contribution in [-0.2, 0) is 9.53 Å². The van der Waals surface area contributed by atoms with E-state index in [0.717, 1.165) is 13.2 Å². The number of esters is 1. The maximum Gasteiger partial charge on any atom is 0.384 e. The molecule has 16 heavy (non-hydrogen) atoms. The van der Waals surface area contributed by atoms with E-state index in [0.29, 0.717) is 0 Å². The first-order valence-electron chi connectivity index (χ1n) is 4.18. The van der Waals surface area contributed by atoms with Crippen LogP contribution in [0.1, 0.15) is 15.9 Å². The Morgan fingerprint density at radius 1 is 1.44 bits per heavy atom. The molecule has 0 aliphatic carbocycles. The summed E-state index contributed by atoms with van der Waals surface area (Å²) in [5.41, 5.74) is -0.651. The van der Waals surface area contributed by atoms with Gasteiger partial charge in [-0.15, -0.1) is 0 Å². The Balaban J connectivity index is 3.15. The number of aromatic carboxylic acids is 1. The van der Waals surface area contributed by atoms with Crippen molar-refractivity contribution in [2.75, 3.05) is 7.11 Å². The normalized spacial score (nSPS) is 8.88. The van der Waals surface area contributed by atoms with Crippen molar-refractivity contribution in [1.29, 1.82) is 0 Å². The van der Waals surface area contributed by atoms with Gasteiger partial charge < -0.3 is 9.84 Å². The molecule has 1 aromatic carbocycles. The summed E-state index contributed by atoms with van der Waals surface area (Å²) in [5.74, 6) is 1.03.